The van der Waals surface area contributed by atoms with Gasteiger partial charge in [-0.15, -0.1) is 0 Å². The van der Waals surface area contributed by atoms with Crippen molar-refractivity contribution in [1.29, 1.82) is 0 Å². The molecule has 0 aliphatic carbocycles. The van der Waals surface area contributed by atoms with Crippen molar-refractivity contribution in [2.75, 3.05) is 11.5 Å². The Kier molecular flexibility index (Phi) is 4.88. The van der Waals surface area contributed by atoms with Gasteiger partial charge in [-0.05, 0) is 18.2 Å². The number of nitrogens with zero attached hydrogens (tertiary/aromatic N) is 2. The highest BCUT2D eigenvalue weighted by molar-refractivity contribution is 7.99. The smallest absolute Gasteiger partial charge is 0.148 e. The lowest BCUT2D eigenvalue weighted by Gasteiger charge is -2.00. The van der Waals surface area contributed by atoms with Crippen molar-refractivity contribution in [2.45, 2.75) is 26.7 Å². The van der Waals surface area contributed by atoms with Crippen LogP contribution in [0.4, 0.5) is 0 Å². The fourth-order valence-corrected chi connectivity index (χ4v) is 1.91. The molecule has 0 spiro atoms. The van der Waals surface area contributed by atoms with Gasteiger partial charge in [-0.25, -0.2) is 0 Å². The lowest BCUT2D eigenvalue weighted by Crippen LogP contribution is -2.09. The van der Waals surface area contributed by atoms with Crippen LogP contribution in [0.1, 0.15) is 25.2 Å². The predicted molar refractivity (Wildman–Crippen MR) is 64.3 cm³/mol. The van der Waals surface area contributed by atoms with E-state index in [0.717, 1.165) is 23.6 Å². The molecule has 1 aromatic heterocycles. The van der Waals surface area contributed by atoms with E-state index >= 15 is 0 Å². The van der Waals surface area contributed by atoms with Crippen molar-refractivity contribution >= 4 is 17.5 Å². The Balaban J connectivity index is 2.55. The van der Waals surface area contributed by atoms with E-state index in [9.17, 15) is 4.79 Å². The first-order valence-corrected chi connectivity index (χ1v) is 6.44. The van der Waals surface area contributed by atoms with E-state index in [0.29, 0.717) is 12.2 Å². The maximum Gasteiger partial charge on any atom is 0.148 e. The van der Waals surface area contributed by atoms with Gasteiger partial charge in [0.25, 0.3) is 0 Å². The van der Waals surface area contributed by atoms with Crippen LogP contribution >= 0.6 is 11.8 Å². The van der Waals surface area contributed by atoms with E-state index in [1.807, 2.05) is 17.8 Å². The molecule has 0 saturated carbocycles. The van der Waals surface area contributed by atoms with Crippen LogP contribution in [0.3, 0.4) is 0 Å². The molecular weight excluding hydrogens is 208 g/mol. The van der Waals surface area contributed by atoms with Crippen LogP contribution in [0.5, 0.6) is 0 Å². The maximum atomic E-state index is 11.6. The first-order valence-electron chi connectivity index (χ1n) is 5.28. The zero-order valence-corrected chi connectivity index (χ0v) is 10.4. The van der Waals surface area contributed by atoms with Crippen molar-refractivity contribution < 1.29 is 4.79 Å². The molecule has 0 fully saturated rings. The minimum Gasteiger partial charge on any atom is -0.298 e. The van der Waals surface area contributed by atoms with Gasteiger partial charge in [0, 0.05) is 19.2 Å². The highest BCUT2D eigenvalue weighted by Gasteiger charge is 2.08. The Bertz CT molecular complexity index is 333. The molecule has 4 heteroatoms. The fourth-order valence-electron chi connectivity index (χ4n) is 1.38. The van der Waals surface area contributed by atoms with Crippen LogP contribution in [0.25, 0.3) is 0 Å². The second-order valence-corrected chi connectivity index (χ2v) is 4.73. The lowest BCUT2D eigenvalue weighted by atomic mass is 10.2. The standard InChI is InChI=1S/C11H18N2OS/c1-4-9-6-10(13(3)12-9)7-11(14)8-15-5-2/h6H,4-5,7-8H2,1-3H3. The largest absolute Gasteiger partial charge is 0.298 e. The molecule has 0 aliphatic heterocycles. The molecule has 0 bridgehead atoms. The fraction of sp³-hybridized carbons (Fsp3) is 0.636. The Labute approximate surface area is 95.2 Å². The van der Waals surface area contributed by atoms with E-state index in [1.54, 1.807) is 11.8 Å². The molecule has 0 aromatic carbocycles. The third kappa shape index (κ3) is 3.70. The molecule has 0 N–H and O–H groups in total. The summed E-state index contributed by atoms with van der Waals surface area (Å²) in [5.41, 5.74) is 2.08. The molecule has 1 heterocycles. The average molecular weight is 226 g/mol. The number of aromatic nitrogens is 2. The summed E-state index contributed by atoms with van der Waals surface area (Å²) in [5.74, 6) is 1.90. The van der Waals surface area contributed by atoms with Crippen LogP contribution in [-0.4, -0.2) is 27.1 Å². The second-order valence-electron chi connectivity index (χ2n) is 3.46. The van der Waals surface area contributed by atoms with Crippen molar-refractivity contribution in [2.24, 2.45) is 7.05 Å². The molecule has 15 heavy (non-hydrogen) atoms. The Morgan fingerprint density at radius 3 is 2.80 bits per heavy atom. The normalized spacial score (nSPS) is 10.6. The minimum atomic E-state index is 0.285. The van der Waals surface area contributed by atoms with Gasteiger partial charge in [-0.2, -0.15) is 16.9 Å². The summed E-state index contributed by atoms with van der Waals surface area (Å²) in [6.07, 6.45) is 1.43. The van der Waals surface area contributed by atoms with E-state index in [4.69, 9.17) is 0 Å². The molecule has 0 radical (unpaired) electrons. The van der Waals surface area contributed by atoms with Crippen LogP contribution < -0.4 is 0 Å². The zero-order valence-electron chi connectivity index (χ0n) is 9.62. The van der Waals surface area contributed by atoms with E-state index in [2.05, 4.69) is 18.9 Å². The molecular formula is C11H18N2OS. The summed E-state index contributed by atoms with van der Waals surface area (Å²) in [5, 5.41) is 4.32. The lowest BCUT2D eigenvalue weighted by molar-refractivity contribution is -0.116. The maximum absolute atomic E-state index is 11.6. The van der Waals surface area contributed by atoms with Gasteiger partial charge < -0.3 is 0 Å². The Morgan fingerprint density at radius 1 is 1.53 bits per heavy atom. The van der Waals surface area contributed by atoms with Gasteiger partial charge in [0.2, 0.25) is 0 Å². The molecule has 0 amide bonds. The van der Waals surface area contributed by atoms with Gasteiger partial charge in [-0.3, -0.25) is 9.48 Å². The summed E-state index contributed by atoms with van der Waals surface area (Å²) >= 11 is 1.67. The summed E-state index contributed by atoms with van der Waals surface area (Å²) in [4.78, 5) is 11.6. The van der Waals surface area contributed by atoms with Crippen molar-refractivity contribution in [3.05, 3.63) is 17.5 Å². The molecule has 0 unspecified atom stereocenters. The number of hydrogen-bond acceptors (Lipinski definition) is 3. The summed E-state index contributed by atoms with van der Waals surface area (Å²) in [6.45, 7) is 4.14. The predicted octanol–water partition coefficient (Wildman–Crippen LogP) is 1.85. The number of carbonyl (C=O) groups is 1. The number of Topliss-reactive ketones (excluding diaryl/α,β-unsaturated/α-hetero) is 1. The first kappa shape index (κ1) is 12.3. The topological polar surface area (TPSA) is 34.9 Å². The highest BCUT2D eigenvalue weighted by Crippen LogP contribution is 2.07. The van der Waals surface area contributed by atoms with Gasteiger partial charge in [-0.1, -0.05) is 13.8 Å². The van der Waals surface area contributed by atoms with E-state index in [1.165, 1.54) is 0 Å². The van der Waals surface area contributed by atoms with E-state index < -0.39 is 0 Å². The molecule has 1 aromatic rings. The van der Waals surface area contributed by atoms with Crippen LogP contribution in [0, 0.1) is 0 Å². The number of thioether (sulfide) groups is 1. The molecule has 0 saturated heterocycles. The SMILES string of the molecule is CCSCC(=O)Cc1cc(CC)nn1C. The van der Waals surface area contributed by atoms with Crippen molar-refractivity contribution in [3.8, 4) is 0 Å². The first-order chi connectivity index (χ1) is 7.17. The number of rotatable bonds is 6. The highest BCUT2D eigenvalue weighted by atomic mass is 32.2. The molecule has 0 aliphatic rings. The number of hydrogen-bond donors (Lipinski definition) is 0. The number of ketones is 1. The average Bonchev–Trinajstić information content (AvgIpc) is 2.57. The summed E-state index contributed by atoms with van der Waals surface area (Å²) in [6, 6.07) is 2.02. The molecule has 84 valence electrons. The second kappa shape index (κ2) is 5.95. The van der Waals surface area contributed by atoms with Crippen LogP contribution in [0.15, 0.2) is 6.07 Å². The van der Waals surface area contributed by atoms with Crippen LogP contribution in [0.2, 0.25) is 0 Å². The zero-order chi connectivity index (χ0) is 11.3. The monoisotopic (exact) mass is 226 g/mol. The third-order valence-corrected chi connectivity index (χ3v) is 3.17. The van der Waals surface area contributed by atoms with Gasteiger partial charge in [0.15, 0.2) is 0 Å². The number of carbonyl (C=O) groups excluding carboxylic acids is 1. The van der Waals surface area contributed by atoms with Crippen LogP contribution in [-0.2, 0) is 24.7 Å². The van der Waals surface area contributed by atoms with Gasteiger partial charge in [0.1, 0.15) is 5.78 Å². The molecule has 1 rings (SSSR count). The van der Waals surface area contributed by atoms with Gasteiger partial charge in [0.05, 0.1) is 11.4 Å². The Hall–Kier alpha value is -0.770. The molecule has 3 nitrogen and oxygen atoms in total. The third-order valence-electron chi connectivity index (χ3n) is 2.24. The summed E-state index contributed by atoms with van der Waals surface area (Å²) in [7, 11) is 1.90. The Morgan fingerprint density at radius 2 is 2.27 bits per heavy atom. The van der Waals surface area contributed by atoms with E-state index in [-0.39, 0.29) is 5.78 Å². The number of aryl methyl sites for hydroxylation is 2. The quantitative estimate of drug-likeness (QED) is 0.742. The van der Waals surface area contributed by atoms with Crippen molar-refractivity contribution in [3.63, 3.8) is 0 Å². The van der Waals surface area contributed by atoms with Crippen molar-refractivity contribution in [1.82, 2.24) is 9.78 Å². The van der Waals surface area contributed by atoms with Gasteiger partial charge >= 0.3 is 0 Å². The minimum absolute atomic E-state index is 0.285. The summed E-state index contributed by atoms with van der Waals surface area (Å²) < 4.78 is 1.81. The molecule has 0 atom stereocenters.